The average Bonchev–Trinajstić information content (AvgIpc) is 2.59. The first-order valence-electron chi connectivity index (χ1n) is 7.29. The first kappa shape index (κ1) is 17.3. The molecule has 0 aliphatic heterocycles. The number of hydrogen-bond donors (Lipinski definition) is 0. The molecule has 2 aromatic carbocycles. The van der Waals surface area contributed by atoms with Gasteiger partial charge < -0.3 is 19.4 Å². The summed E-state index contributed by atoms with van der Waals surface area (Å²) >= 11 is 0. The normalized spacial score (nSPS) is 10.6. The number of aryl methyl sites for hydroxylation is 1. The maximum Gasteiger partial charge on any atom is 0.185 e. The molecule has 2 aromatic rings. The minimum absolute atomic E-state index is 0.194. The highest BCUT2D eigenvalue weighted by atomic mass is 16.5. The summed E-state index contributed by atoms with van der Waals surface area (Å²) in [7, 11) is 1.41. The summed E-state index contributed by atoms with van der Waals surface area (Å²) in [5, 5.41) is 10.4. The van der Waals surface area contributed by atoms with E-state index in [2.05, 4.69) is 0 Å². The molecule has 0 heterocycles. The van der Waals surface area contributed by atoms with Crippen LogP contribution in [0.4, 0.5) is 0 Å². The van der Waals surface area contributed by atoms with Crippen molar-refractivity contribution < 1.29 is 24.2 Å². The smallest absolute Gasteiger partial charge is 0.185 e. The van der Waals surface area contributed by atoms with E-state index in [0.29, 0.717) is 5.56 Å². The third-order valence-corrected chi connectivity index (χ3v) is 3.30. The van der Waals surface area contributed by atoms with Gasteiger partial charge in [0.1, 0.15) is 6.61 Å². The molecule has 0 saturated heterocycles. The lowest BCUT2D eigenvalue weighted by Gasteiger charge is -2.11. The van der Waals surface area contributed by atoms with Crippen LogP contribution in [-0.2, 0) is 4.79 Å². The van der Waals surface area contributed by atoms with Crippen LogP contribution in [0.3, 0.4) is 0 Å². The van der Waals surface area contributed by atoms with Crippen molar-refractivity contribution >= 4 is 17.8 Å². The van der Waals surface area contributed by atoms with E-state index in [1.54, 1.807) is 12.1 Å². The number of aliphatic carboxylic acids is 1. The SMILES string of the molecule is COc1cc(C(=O)/C=C/c2ccc(C)cc2)ccc1OCC(=O)[O-]. The number of hydrogen-bond acceptors (Lipinski definition) is 5. The number of carbonyl (C=O) groups excluding carboxylic acids is 2. The summed E-state index contributed by atoms with van der Waals surface area (Å²) in [6.07, 6.45) is 3.20. The molecule has 0 radical (unpaired) electrons. The molecule has 0 aromatic heterocycles. The summed E-state index contributed by atoms with van der Waals surface area (Å²) in [5.41, 5.74) is 2.49. The Morgan fingerprint density at radius 1 is 1.08 bits per heavy atom. The van der Waals surface area contributed by atoms with Crippen LogP contribution < -0.4 is 14.6 Å². The Kier molecular flexibility index (Phi) is 5.73. The number of methoxy groups -OCH3 is 1. The van der Waals surface area contributed by atoms with Crippen LogP contribution >= 0.6 is 0 Å². The van der Waals surface area contributed by atoms with E-state index in [4.69, 9.17) is 9.47 Å². The fourth-order valence-corrected chi connectivity index (χ4v) is 2.02. The van der Waals surface area contributed by atoms with Gasteiger partial charge in [0.2, 0.25) is 0 Å². The van der Waals surface area contributed by atoms with Crippen molar-refractivity contribution in [3.8, 4) is 11.5 Å². The largest absolute Gasteiger partial charge is 0.546 e. The second kappa shape index (κ2) is 7.97. The van der Waals surface area contributed by atoms with Crippen LogP contribution in [0.2, 0.25) is 0 Å². The first-order valence-corrected chi connectivity index (χ1v) is 7.29. The van der Waals surface area contributed by atoms with E-state index in [1.807, 2.05) is 31.2 Å². The van der Waals surface area contributed by atoms with Crippen molar-refractivity contribution in [1.82, 2.24) is 0 Å². The van der Waals surface area contributed by atoms with Gasteiger partial charge in [-0.1, -0.05) is 35.9 Å². The summed E-state index contributed by atoms with van der Waals surface area (Å²) in [6.45, 7) is 1.41. The third-order valence-electron chi connectivity index (χ3n) is 3.30. The molecular weight excluding hydrogens is 308 g/mol. The van der Waals surface area contributed by atoms with Crippen molar-refractivity contribution in [3.63, 3.8) is 0 Å². The fraction of sp³-hybridized carbons (Fsp3) is 0.158. The number of allylic oxidation sites excluding steroid dienone is 1. The molecule has 0 saturated carbocycles. The van der Waals surface area contributed by atoms with E-state index in [1.165, 1.54) is 25.3 Å². The number of carboxylic acids is 1. The second-order valence-corrected chi connectivity index (χ2v) is 5.13. The van der Waals surface area contributed by atoms with Gasteiger partial charge in [0.25, 0.3) is 0 Å². The lowest BCUT2D eigenvalue weighted by Crippen LogP contribution is -2.29. The molecule has 0 amide bonds. The van der Waals surface area contributed by atoms with Crippen molar-refractivity contribution in [2.45, 2.75) is 6.92 Å². The van der Waals surface area contributed by atoms with Gasteiger partial charge in [-0.25, -0.2) is 0 Å². The van der Waals surface area contributed by atoms with Crippen LogP contribution in [0.5, 0.6) is 11.5 Å². The number of carboxylic acid groups (broad SMARTS) is 1. The quantitative estimate of drug-likeness (QED) is 0.575. The molecule has 0 bridgehead atoms. The third kappa shape index (κ3) is 4.71. The van der Waals surface area contributed by atoms with Crippen molar-refractivity contribution in [2.75, 3.05) is 13.7 Å². The van der Waals surface area contributed by atoms with Gasteiger partial charge in [0, 0.05) is 5.56 Å². The van der Waals surface area contributed by atoms with Crippen molar-refractivity contribution in [3.05, 3.63) is 65.2 Å². The lowest BCUT2D eigenvalue weighted by atomic mass is 10.1. The minimum atomic E-state index is -1.33. The van der Waals surface area contributed by atoms with E-state index < -0.39 is 12.6 Å². The first-order chi connectivity index (χ1) is 11.5. The molecule has 0 unspecified atom stereocenters. The zero-order chi connectivity index (χ0) is 17.5. The highest BCUT2D eigenvalue weighted by Gasteiger charge is 2.09. The molecule has 0 fully saturated rings. The topological polar surface area (TPSA) is 75.7 Å². The van der Waals surface area contributed by atoms with Gasteiger partial charge in [0.15, 0.2) is 17.3 Å². The maximum absolute atomic E-state index is 12.2. The van der Waals surface area contributed by atoms with E-state index in [9.17, 15) is 14.7 Å². The number of ether oxygens (including phenoxy) is 2. The standard InChI is InChI=1S/C19H18O5/c1-13-3-5-14(6-4-13)7-9-16(20)15-8-10-17(18(11-15)23-2)24-12-19(21)22/h3-11H,12H2,1-2H3,(H,21,22)/p-1/b9-7+. The Morgan fingerprint density at radius 2 is 1.79 bits per heavy atom. The average molecular weight is 325 g/mol. The molecule has 2 rings (SSSR count). The van der Waals surface area contributed by atoms with Gasteiger partial charge in [-0.15, -0.1) is 0 Å². The Bertz CT molecular complexity index is 760. The lowest BCUT2D eigenvalue weighted by molar-refractivity contribution is -0.307. The van der Waals surface area contributed by atoms with Crippen LogP contribution in [0, 0.1) is 6.92 Å². The molecule has 0 N–H and O–H groups in total. The van der Waals surface area contributed by atoms with Crippen LogP contribution in [0.1, 0.15) is 21.5 Å². The minimum Gasteiger partial charge on any atom is -0.546 e. The van der Waals surface area contributed by atoms with Crippen LogP contribution in [-0.4, -0.2) is 25.5 Å². The Hall–Kier alpha value is -3.08. The molecule has 0 spiro atoms. The summed E-state index contributed by atoms with van der Waals surface area (Å²) in [4.78, 5) is 22.7. The molecule has 24 heavy (non-hydrogen) atoms. The summed E-state index contributed by atoms with van der Waals surface area (Å²) in [5.74, 6) is -1.01. The number of rotatable bonds is 7. The van der Waals surface area contributed by atoms with E-state index in [-0.39, 0.29) is 17.3 Å². The highest BCUT2D eigenvalue weighted by molar-refractivity contribution is 6.07. The van der Waals surface area contributed by atoms with E-state index in [0.717, 1.165) is 11.1 Å². The Labute approximate surface area is 140 Å². The van der Waals surface area contributed by atoms with Crippen molar-refractivity contribution in [2.24, 2.45) is 0 Å². The molecule has 0 aliphatic rings. The number of ketones is 1. The zero-order valence-corrected chi connectivity index (χ0v) is 13.4. The fourth-order valence-electron chi connectivity index (χ4n) is 2.02. The van der Waals surface area contributed by atoms with Gasteiger partial charge in [0.05, 0.1) is 13.1 Å². The summed E-state index contributed by atoms with van der Waals surface area (Å²) in [6, 6.07) is 12.3. The Morgan fingerprint density at radius 3 is 2.42 bits per heavy atom. The molecule has 0 atom stereocenters. The molecule has 5 nitrogen and oxygen atoms in total. The highest BCUT2D eigenvalue weighted by Crippen LogP contribution is 2.28. The second-order valence-electron chi connectivity index (χ2n) is 5.13. The van der Waals surface area contributed by atoms with Gasteiger partial charge in [-0.3, -0.25) is 4.79 Å². The summed E-state index contributed by atoms with van der Waals surface area (Å²) < 4.78 is 10.2. The predicted molar refractivity (Wildman–Crippen MR) is 88.0 cm³/mol. The molecule has 5 heteroatoms. The van der Waals surface area contributed by atoms with Crippen LogP contribution in [0.15, 0.2) is 48.5 Å². The molecular formula is C19H17O5-. The monoisotopic (exact) mass is 325 g/mol. The predicted octanol–water partition coefficient (Wildman–Crippen LogP) is 2.03. The van der Waals surface area contributed by atoms with Gasteiger partial charge in [-0.05, 0) is 36.8 Å². The zero-order valence-electron chi connectivity index (χ0n) is 13.4. The Balaban J connectivity index is 2.14. The van der Waals surface area contributed by atoms with E-state index >= 15 is 0 Å². The van der Waals surface area contributed by atoms with Gasteiger partial charge in [-0.2, -0.15) is 0 Å². The molecule has 0 aliphatic carbocycles. The maximum atomic E-state index is 12.2. The number of carbonyl (C=O) groups is 2. The number of benzene rings is 2. The van der Waals surface area contributed by atoms with Gasteiger partial charge >= 0.3 is 0 Å². The van der Waals surface area contributed by atoms with Crippen molar-refractivity contribution in [1.29, 1.82) is 0 Å². The van der Waals surface area contributed by atoms with Crippen LogP contribution in [0.25, 0.3) is 6.08 Å². The molecule has 124 valence electrons.